The maximum Gasteiger partial charge on any atom is 0.408 e. The van der Waals surface area contributed by atoms with Gasteiger partial charge in [0, 0.05) is 38.5 Å². The molecule has 0 aromatic carbocycles. The molecular formula is C33H61N5O8. The van der Waals surface area contributed by atoms with E-state index in [1.165, 1.54) is 6.92 Å². The largest absolute Gasteiger partial charge is 0.450 e. The predicted molar refractivity (Wildman–Crippen MR) is 175 cm³/mol. The smallest absolute Gasteiger partial charge is 0.408 e. The highest BCUT2D eigenvalue weighted by molar-refractivity contribution is 5.68. The lowest BCUT2D eigenvalue weighted by Crippen LogP contribution is -2.51. The van der Waals surface area contributed by atoms with Crippen molar-refractivity contribution in [1.82, 2.24) is 26.2 Å². The van der Waals surface area contributed by atoms with Crippen LogP contribution in [0.5, 0.6) is 0 Å². The Morgan fingerprint density at radius 2 is 1.26 bits per heavy atom. The summed E-state index contributed by atoms with van der Waals surface area (Å²) >= 11 is 0. The normalized spacial score (nSPS) is 27.5. The molecule has 13 heteroatoms. The van der Waals surface area contributed by atoms with Gasteiger partial charge in [0.2, 0.25) is 0 Å². The summed E-state index contributed by atoms with van der Waals surface area (Å²) in [6.45, 7) is 17.3. The quantitative estimate of drug-likeness (QED) is 0.117. The Bertz CT molecular complexity index is 1040. The Labute approximate surface area is 275 Å². The molecule has 0 bridgehead atoms. The van der Waals surface area contributed by atoms with Gasteiger partial charge in [0.1, 0.15) is 19.6 Å². The molecule has 0 aliphatic heterocycles. The van der Waals surface area contributed by atoms with Gasteiger partial charge in [-0.1, -0.05) is 41.5 Å². The molecule has 2 aliphatic carbocycles. The minimum Gasteiger partial charge on any atom is -0.450 e. The van der Waals surface area contributed by atoms with Crippen LogP contribution in [-0.4, -0.2) is 94.6 Å². The van der Waals surface area contributed by atoms with Crippen molar-refractivity contribution in [1.29, 1.82) is 0 Å². The first-order valence-corrected chi connectivity index (χ1v) is 16.5. The lowest BCUT2D eigenvalue weighted by Gasteiger charge is -2.46. The number of rotatable bonds is 14. The molecule has 0 aromatic heterocycles. The molecule has 46 heavy (non-hydrogen) atoms. The zero-order chi connectivity index (χ0) is 34.8. The van der Waals surface area contributed by atoms with E-state index in [1.807, 2.05) is 7.05 Å². The third-order valence-corrected chi connectivity index (χ3v) is 8.91. The van der Waals surface area contributed by atoms with Crippen LogP contribution in [0.2, 0.25) is 0 Å². The van der Waals surface area contributed by atoms with E-state index in [-0.39, 0.29) is 47.8 Å². The molecular weight excluding hydrogens is 594 g/mol. The highest BCUT2D eigenvalue weighted by atomic mass is 16.6. The summed E-state index contributed by atoms with van der Waals surface area (Å²) in [6, 6.07) is 0.278. The standard InChI is InChI=1S/C33H61N5O8/c1-23(11-12-43-27(40)35-19-32(7)15-25(34-9)13-30(3,4)17-32)46-29(42)37-26-14-31(5,6)18-33(8,16-26)20-36-28(41)45-22-38(10)21-44-24(2)39/h23,25-26,34H,11-22H2,1-10H3,(H,35,40)(H,36,41)(H,37,42). The number of hydrogen-bond donors (Lipinski definition) is 4. The molecule has 2 fully saturated rings. The fraction of sp³-hybridized carbons (Fsp3) is 0.879. The Balaban J connectivity index is 1.73. The predicted octanol–water partition coefficient (Wildman–Crippen LogP) is 4.74. The minimum atomic E-state index is -0.567. The van der Waals surface area contributed by atoms with Crippen LogP contribution in [-0.2, 0) is 23.7 Å². The third kappa shape index (κ3) is 14.7. The van der Waals surface area contributed by atoms with Crippen LogP contribution in [0.15, 0.2) is 0 Å². The minimum absolute atomic E-state index is 0.0174. The number of nitrogens with one attached hydrogen (secondary N) is 4. The fourth-order valence-corrected chi connectivity index (χ4v) is 7.68. The SMILES string of the molecule is CNC1CC(C)(C)CC(C)(CNC(=O)OCCC(C)OC(=O)NC2CC(C)(C)CC(C)(CNC(=O)OCN(C)COC(C)=O)C2)C1. The molecule has 0 radical (unpaired) electrons. The summed E-state index contributed by atoms with van der Waals surface area (Å²) < 4.78 is 21.1. The average Bonchev–Trinajstić information content (AvgIpc) is 2.90. The zero-order valence-corrected chi connectivity index (χ0v) is 29.9. The van der Waals surface area contributed by atoms with E-state index in [2.05, 4.69) is 62.8 Å². The summed E-state index contributed by atoms with van der Waals surface area (Å²) in [4.78, 5) is 50.0. The molecule has 3 amide bonds. The number of amides is 3. The van der Waals surface area contributed by atoms with E-state index in [0.29, 0.717) is 32.0 Å². The zero-order valence-electron chi connectivity index (χ0n) is 29.9. The molecule has 13 nitrogen and oxygen atoms in total. The molecule has 2 saturated carbocycles. The van der Waals surface area contributed by atoms with Gasteiger partial charge in [-0.2, -0.15) is 0 Å². The number of carbonyl (C=O) groups excluding carboxylic acids is 4. The van der Waals surface area contributed by atoms with Gasteiger partial charge in [0.25, 0.3) is 0 Å². The number of ether oxygens (including phenoxy) is 4. The Morgan fingerprint density at radius 1 is 0.761 bits per heavy atom. The first kappa shape index (κ1) is 39.4. The van der Waals surface area contributed by atoms with Gasteiger partial charge < -0.3 is 40.2 Å². The second-order valence-electron chi connectivity index (χ2n) is 16.0. The van der Waals surface area contributed by atoms with Gasteiger partial charge in [-0.25, -0.2) is 19.3 Å². The van der Waals surface area contributed by atoms with Crippen LogP contribution in [0.1, 0.15) is 100 Å². The maximum atomic E-state index is 12.8. The Hall–Kier alpha value is -2.80. The molecule has 2 rings (SSSR count). The van der Waals surface area contributed by atoms with Crippen molar-refractivity contribution in [3.05, 3.63) is 0 Å². The number of esters is 1. The van der Waals surface area contributed by atoms with Gasteiger partial charge in [-0.05, 0) is 81.2 Å². The summed E-state index contributed by atoms with van der Waals surface area (Å²) in [5, 5.41) is 12.2. The van der Waals surface area contributed by atoms with Gasteiger partial charge in [0.15, 0.2) is 0 Å². The van der Waals surface area contributed by atoms with Crippen molar-refractivity contribution in [3.8, 4) is 0 Å². The van der Waals surface area contributed by atoms with Crippen LogP contribution < -0.4 is 21.3 Å². The fourth-order valence-electron chi connectivity index (χ4n) is 7.68. The first-order valence-electron chi connectivity index (χ1n) is 16.5. The van der Waals surface area contributed by atoms with Crippen molar-refractivity contribution in [3.63, 3.8) is 0 Å². The van der Waals surface area contributed by atoms with Crippen molar-refractivity contribution in [2.75, 3.05) is 47.3 Å². The number of alkyl carbamates (subject to hydrolysis) is 3. The Kier molecular flexibility index (Phi) is 14.4. The van der Waals surface area contributed by atoms with Crippen LogP contribution in [0.3, 0.4) is 0 Å². The Morgan fingerprint density at radius 3 is 1.80 bits per heavy atom. The molecule has 0 aromatic rings. The van der Waals surface area contributed by atoms with E-state index >= 15 is 0 Å². The third-order valence-electron chi connectivity index (χ3n) is 8.91. The summed E-state index contributed by atoms with van der Waals surface area (Å²) in [5.41, 5.74) is -0.182. The van der Waals surface area contributed by atoms with E-state index in [9.17, 15) is 19.2 Å². The van der Waals surface area contributed by atoms with Crippen LogP contribution in [0, 0.1) is 21.7 Å². The highest BCUT2D eigenvalue weighted by Gasteiger charge is 2.43. The number of carbonyl (C=O) groups is 4. The average molecular weight is 656 g/mol. The van der Waals surface area contributed by atoms with Crippen LogP contribution in [0.25, 0.3) is 0 Å². The van der Waals surface area contributed by atoms with Crippen molar-refractivity contribution in [2.45, 2.75) is 119 Å². The molecule has 0 spiro atoms. The van der Waals surface area contributed by atoms with Gasteiger partial charge in [-0.3, -0.25) is 4.79 Å². The monoisotopic (exact) mass is 655 g/mol. The van der Waals surface area contributed by atoms with E-state index in [1.54, 1.807) is 18.9 Å². The van der Waals surface area contributed by atoms with Crippen molar-refractivity contribution >= 4 is 24.2 Å². The van der Waals surface area contributed by atoms with Crippen molar-refractivity contribution in [2.24, 2.45) is 21.7 Å². The van der Waals surface area contributed by atoms with Gasteiger partial charge in [-0.15, -0.1) is 0 Å². The van der Waals surface area contributed by atoms with Gasteiger partial charge in [0.05, 0.1) is 6.61 Å². The lowest BCUT2D eigenvalue weighted by atomic mass is 9.62. The second kappa shape index (κ2) is 16.9. The summed E-state index contributed by atoms with van der Waals surface area (Å²) in [7, 11) is 3.66. The molecule has 4 N–H and O–H groups in total. The first-order chi connectivity index (χ1) is 21.2. The van der Waals surface area contributed by atoms with E-state index in [4.69, 9.17) is 18.9 Å². The van der Waals surface area contributed by atoms with Crippen LogP contribution >= 0.6 is 0 Å². The molecule has 5 atom stereocenters. The molecule has 0 saturated heterocycles. The maximum absolute atomic E-state index is 12.8. The van der Waals surface area contributed by atoms with Crippen LogP contribution in [0.4, 0.5) is 14.4 Å². The lowest BCUT2D eigenvalue weighted by molar-refractivity contribution is -0.146. The molecule has 0 heterocycles. The number of nitrogens with zero attached hydrogens (tertiary/aromatic N) is 1. The topological polar surface area (TPSA) is 157 Å². The summed E-state index contributed by atoms with van der Waals surface area (Å²) in [5.74, 6) is -0.411. The van der Waals surface area contributed by atoms with E-state index in [0.717, 1.165) is 32.1 Å². The molecule has 2 aliphatic rings. The van der Waals surface area contributed by atoms with Crippen molar-refractivity contribution < 1.29 is 38.1 Å². The van der Waals surface area contributed by atoms with E-state index < -0.39 is 30.4 Å². The second-order valence-corrected chi connectivity index (χ2v) is 16.0. The summed E-state index contributed by atoms with van der Waals surface area (Å²) in [6.07, 6.45) is 3.79. The molecule has 5 unspecified atom stereocenters. The molecule has 266 valence electrons. The number of hydrogen-bond acceptors (Lipinski definition) is 10. The highest BCUT2D eigenvalue weighted by Crippen LogP contribution is 2.46. The van der Waals surface area contributed by atoms with Gasteiger partial charge >= 0.3 is 24.2 Å².